The Balaban J connectivity index is 2.77. The second kappa shape index (κ2) is 7.46. The third kappa shape index (κ3) is 4.74. The molecule has 1 unspecified atom stereocenters. The van der Waals surface area contributed by atoms with Crippen molar-refractivity contribution in [2.24, 2.45) is 0 Å². The number of anilines is 1. The van der Waals surface area contributed by atoms with Crippen LogP contribution in [0.3, 0.4) is 0 Å². The molecule has 21 heavy (non-hydrogen) atoms. The fraction of sp³-hybridized carbons (Fsp3) is 0.588. The molecule has 0 fully saturated rings. The molecular weight excluding hydrogens is 264 g/mol. The first-order valence-corrected chi connectivity index (χ1v) is 7.45. The second-order valence-electron chi connectivity index (χ2n) is 5.87. The van der Waals surface area contributed by atoms with Crippen molar-refractivity contribution in [3.63, 3.8) is 0 Å². The highest BCUT2D eigenvalue weighted by molar-refractivity contribution is 5.80. The van der Waals surface area contributed by atoms with E-state index in [9.17, 15) is 4.79 Å². The summed E-state index contributed by atoms with van der Waals surface area (Å²) in [6.45, 7) is 9.61. The molecule has 1 aromatic carbocycles. The van der Waals surface area contributed by atoms with Gasteiger partial charge in [0.05, 0.1) is 7.11 Å². The summed E-state index contributed by atoms with van der Waals surface area (Å²) in [6.07, 6.45) is 0.691. The normalized spacial score (nSPS) is 13.6. The molecular formula is C17H28N2O2. The van der Waals surface area contributed by atoms with E-state index in [0.29, 0.717) is 6.42 Å². The molecule has 4 nitrogen and oxygen atoms in total. The monoisotopic (exact) mass is 292 g/mol. The van der Waals surface area contributed by atoms with E-state index in [1.807, 2.05) is 13.8 Å². The molecule has 1 N–H and O–H groups in total. The zero-order valence-electron chi connectivity index (χ0n) is 14.1. The minimum absolute atomic E-state index is 0.210. The fourth-order valence-corrected chi connectivity index (χ4v) is 2.57. The van der Waals surface area contributed by atoms with E-state index in [-0.39, 0.29) is 5.97 Å². The molecule has 0 heterocycles. The van der Waals surface area contributed by atoms with Crippen molar-refractivity contribution in [1.29, 1.82) is 0 Å². The van der Waals surface area contributed by atoms with Crippen LogP contribution in [-0.4, -0.2) is 38.8 Å². The minimum atomic E-state index is -0.642. The number of likely N-dealkylation sites (N-methyl/N-ethyl adjacent to an activating group) is 1. The molecule has 0 amide bonds. The number of carbonyl (C=O) groups is 1. The van der Waals surface area contributed by atoms with Crippen LogP contribution in [0.4, 0.5) is 5.69 Å². The second-order valence-corrected chi connectivity index (χ2v) is 5.87. The number of esters is 1. The van der Waals surface area contributed by atoms with Crippen LogP contribution in [-0.2, 0) is 9.53 Å². The highest BCUT2D eigenvalue weighted by Crippen LogP contribution is 2.20. The Labute approximate surface area is 128 Å². The summed E-state index contributed by atoms with van der Waals surface area (Å²) in [6, 6.07) is 6.49. The summed E-state index contributed by atoms with van der Waals surface area (Å²) in [5.41, 5.74) is 3.03. The van der Waals surface area contributed by atoms with Crippen molar-refractivity contribution < 1.29 is 9.53 Å². The molecule has 0 saturated carbocycles. The molecule has 1 aromatic rings. The number of aryl methyl sites for hydroxylation is 2. The SMILES string of the molecule is CCNC(C)(CCN(C)c1cc(C)cc(C)c1)C(=O)OC. The van der Waals surface area contributed by atoms with Gasteiger partial charge in [0.25, 0.3) is 0 Å². The Kier molecular flexibility index (Phi) is 6.21. The predicted molar refractivity (Wildman–Crippen MR) is 87.9 cm³/mol. The smallest absolute Gasteiger partial charge is 0.325 e. The van der Waals surface area contributed by atoms with Gasteiger partial charge in [0.1, 0.15) is 5.54 Å². The van der Waals surface area contributed by atoms with Gasteiger partial charge < -0.3 is 15.0 Å². The van der Waals surface area contributed by atoms with Crippen LogP contribution < -0.4 is 10.2 Å². The largest absolute Gasteiger partial charge is 0.468 e. The number of nitrogens with zero attached hydrogens (tertiary/aromatic N) is 1. The van der Waals surface area contributed by atoms with Crippen molar-refractivity contribution in [2.45, 2.75) is 39.7 Å². The topological polar surface area (TPSA) is 41.6 Å². The highest BCUT2D eigenvalue weighted by Gasteiger charge is 2.33. The molecule has 118 valence electrons. The average Bonchev–Trinajstić information content (AvgIpc) is 2.43. The molecule has 0 saturated heterocycles. The number of methoxy groups -OCH3 is 1. The van der Waals surface area contributed by atoms with Gasteiger partial charge in [0.2, 0.25) is 0 Å². The zero-order valence-corrected chi connectivity index (χ0v) is 14.1. The lowest BCUT2D eigenvalue weighted by Crippen LogP contribution is -2.51. The van der Waals surface area contributed by atoms with Gasteiger partial charge in [-0.15, -0.1) is 0 Å². The maximum absolute atomic E-state index is 12.0. The first-order valence-electron chi connectivity index (χ1n) is 7.45. The Morgan fingerprint density at radius 1 is 1.29 bits per heavy atom. The van der Waals surface area contributed by atoms with Crippen LogP contribution in [0.5, 0.6) is 0 Å². The first kappa shape index (κ1) is 17.5. The number of nitrogens with one attached hydrogen (secondary N) is 1. The van der Waals surface area contributed by atoms with Crippen molar-refractivity contribution in [1.82, 2.24) is 5.32 Å². The molecule has 0 aliphatic carbocycles. The Hall–Kier alpha value is -1.55. The third-order valence-corrected chi connectivity index (χ3v) is 3.80. The fourth-order valence-electron chi connectivity index (χ4n) is 2.57. The van der Waals surface area contributed by atoms with Gasteiger partial charge in [0.15, 0.2) is 0 Å². The maximum Gasteiger partial charge on any atom is 0.325 e. The van der Waals surface area contributed by atoms with Gasteiger partial charge in [-0.05, 0) is 57.0 Å². The molecule has 0 bridgehead atoms. The third-order valence-electron chi connectivity index (χ3n) is 3.80. The quantitative estimate of drug-likeness (QED) is 0.785. The van der Waals surface area contributed by atoms with E-state index >= 15 is 0 Å². The van der Waals surface area contributed by atoms with Crippen LogP contribution in [0.15, 0.2) is 18.2 Å². The van der Waals surface area contributed by atoms with Crippen molar-refractivity contribution in [3.05, 3.63) is 29.3 Å². The van der Waals surface area contributed by atoms with Crippen LogP contribution in [0, 0.1) is 13.8 Å². The Morgan fingerprint density at radius 3 is 2.33 bits per heavy atom. The maximum atomic E-state index is 12.0. The molecule has 0 aliphatic rings. The predicted octanol–water partition coefficient (Wildman–Crippen LogP) is 2.67. The average molecular weight is 292 g/mol. The summed E-state index contributed by atoms with van der Waals surface area (Å²) < 4.78 is 4.92. The van der Waals surface area contributed by atoms with Crippen LogP contribution in [0.1, 0.15) is 31.4 Å². The van der Waals surface area contributed by atoms with Crippen molar-refractivity contribution in [3.8, 4) is 0 Å². The van der Waals surface area contributed by atoms with Crippen LogP contribution in [0.2, 0.25) is 0 Å². The van der Waals surface area contributed by atoms with Crippen molar-refractivity contribution >= 4 is 11.7 Å². The first-order chi connectivity index (χ1) is 9.82. The van der Waals surface area contributed by atoms with E-state index in [1.165, 1.54) is 23.9 Å². The highest BCUT2D eigenvalue weighted by atomic mass is 16.5. The Bertz CT molecular complexity index is 467. The summed E-state index contributed by atoms with van der Waals surface area (Å²) in [5, 5.41) is 3.24. The van der Waals surface area contributed by atoms with E-state index in [0.717, 1.165) is 13.1 Å². The molecule has 0 radical (unpaired) electrons. The lowest BCUT2D eigenvalue weighted by atomic mass is 9.97. The molecule has 0 spiro atoms. The van der Waals surface area contributed by atoms with E-state index in [1.54, 1.807) is 0 Å². The summed E-state index contributed by atoms with van der Waals surface area (Å²) in [5.74, 6) is -0.210. The van der Waals surface area contributed by atoms with Gasteiger partial charge in [-0.1, -0.05) is 13.0 Å². The van der Waals surface area contributed by atoms with Gasteiger partial charge in [0, 0.05) is 19.3 Å². The number of hydrogen-bond donors (Lipinski definition) is 1. The molecule has 0 aliphatic heterocycles. The Morgan fingerprint density at radius 2 is 1.86 bits per heavy atom. The van der Waals surface area contributed by atoms with E-state index in [4.69, 9.17) is 4.74 Å². The minimum Gasteiger partial charge on any atom is -0.468 e. The summed E-state index contributed by atoms with van der Waals surface area (Å²) in [4.78, 5) is 14.2. The molecule has 0 aromatic heterocycles. The van der Waals surface area contributed by atoms with Crippen molar-refractivity contribution in [2.75, 3.05) is 32.1 Å². The van der Waals surface area contributed by atoms with E-state index < -0.39 is 5.54 Å². The lowest BCUT2D eigenvalue weighted by molar-refractivity contribution is -0.148. The summed E-state index contributed by atoms with van der Waals surface area (Å²) >= 11 is 0. The van der Waals surface area contributed by atoms with Crippen LogP contribution >= 0.6 is 0 Å². The number of rotatable bonds is 7. The number of ether oxygens (including phenoxy) is 1. The van der Waals surface area contributed by atoms with Gasteiger partial charge in [-0.3, -0.25) is 4.79 Å². The molecule has 1 rings (SSSR count). The number of hydrogen-bond acceptors (Lipinski definition) is 4. The zero-order chi connectivity index (χ0) is 16.0. The van der Waals surface area contributed by atoms with Gasteiger partial charge in [-0.2, -0.15) is 0 Å². The van der Waals surface area contributed by atoms with Gasteiger partial charge >= 0.3 is 5.97 Å². The van der Waals surface area contributed by atoms with E-state index in [2.05, 4.69) is 49.3 Å². The molecule has 1 atom stereocenters. The van der Waals surface area contributed by atoms with Gasteiger partial charge in [-0.25, -0.2) is 0 Å². The lowest BCUT2D eigenvalue weighted by Gasteiger charge is -2.30. The number of carbonyl (C=O) groups excluding carboxylic acids is 1. The molecule has 4 heteroatoms. The number of benzene rings is 1. The summed E-state index contributed by atoms with van der Waals surface area (Å²) in [7, 11) is 3.49. The standard InChI is InChI=1S/C17H28N2O2/c1-7-18-17(4,16(20)21-6)8-9-19(5)15-11-13(2)10-14(3)12-15/h10-12,18H,7-9H2,1-6H3. The van der Waals surface area contributed by atoms with Crippen LogP contribution in [0.25, 0.3) is 0 Å².